The van der Waals surface area contributed by atoms with Gasteiger partial charge in [-0.3, -0.25) is 9.59 Å². The van der Waals surface area contributed by atoms with Crippen molar-refractivity contribution in [1.82, 2.24) is 5.32 Å². The first-order valence-electron chi connectivity index (χ1n) is 6.78. The average molecular weight is 321 g/mol. The molecule has 0 radical (unpaired) electrons. The number of thiophene rings is 1. The van der Waals surface area contributed by atoms with Crippen LogP contribution in [-0.2, 0) is 9.59 Å². The van der Waals surface area contributed by atoms with E-state index in [0.29, 0.717) is 5.56 Å². The fourth-order valence-electron chi connectivity index (χ4n) is 2.11. The number of halogens is 1. The molecule has 6 heteroatoms. The molecule has 0 unspecified atom stereocenters. The third kappa shape index (κ3) is 4.14. The van der Waals surface area contributed by atoms with E-state index < -0.39 is 23.7 Å². The van der Waals surface area contributed by atoms with Crippen LogP contribution in [0.2, 0.25) is 0 Å². The van der Waals surface area contributed by atoms with Crippen molar-refractivity contribution in [2.24, 2.45) is 0 Å². The number of hydrogen-bond donors (Lipinski definition) is 2. The Kier molecular flexibility index (Phi) is 5.27. The summed E-state index contributed by atoms with van der Waals surface area (Å²) in [4.78, 5) is 24.1. The van der Waals surface area contributed by atoms with E-state index in [-0.39, 0.29) is 12.3 Å². The molecule has 22 heavy (non-hydrogen) atoms. The normalized spacial score (nSPS) is 13.4. The molecule has 0 aliphatic rings. The Morgan fingerprint density at radius 2 is 2.09 bits per heavy atom. The fraction of sp³-hybridized carbons (Fsp3) is 0.250. The van der Waals surface area contributed by atoms with E-state index in [1.807, 2.05) is 5.38 Å². The average Bonchev–Trinajstić information content (AvgIpc) is 2.99. The maximum absolute atomic E-state index is 13.2. The number of rotatable bonds is 6. The van der Waals surface area contributed by atoms with Gasteiger partial charge in [0.05, 0.1) is 18.4 Å². The van der Waals surface area contributed by atoms with Crippen LogP contribution in [0.3, 0.4) is 0 Å². The lowest BCUT2D eigenvalue weighted by molar-refractivity contribution is -0.137. The Balaban J connectivity index is 2.12. The van der Waals surface area contributed by atoms with Crippen molar-refractivity contribution in [1.29, 1.82) is 0 Å². The van der Waals surface area contributed by atoms with Crippen molar-refractivity contribution in [2.45, 2.75) is 25.3 Å². The standard InChI is InChI=1S/C16H16FNO3S/c1-10(11-4-2-5-12(17)8-11)16(21)18-13(9-15(19)20)14-6-3-7-22-14/h2-8,10,13H,9H2,1H3,(H,18,21)(H,19,20)/t10-,13+/m1/s1. The predicted molar refractivity (Wildman–Crippen MR) is 82.3 cm³/mol. The molecule has 2 rings (SSSR count). The highest BCUT2D eigenvalue weighted by atomic mass is 32.1. The summed E-state index contributed by atoms with van der Waals surface area (Å²) in [5.74, 6) is -2.29. The van der Waals surface area contributed by atoms with Gasteiger partial charge in [-0.1, -0.05) is 18.2 Å². The molecular weight excluding hydrogens is 305 g/mol. The summed E-state index contributed by atoms with van der Waals surface area (Å²) in [6.07, 6.45) is -0.192. The maximum Gasteiger partial charge on any atom is 0.305 e. The molecule has 1 heterocycles. The lowest BCUT2D eigenvalue weighted by Crippen LogP contribution is -2.32. The second-order valence-corrected chi connectivity index (χ2v) is 5.93. The number of carboxylic acids is 1. The molecule has 0 spiro atoms. The molecule has 0 bridgehead atoms. The SMILES string of the molecule is C[C@@H](C(=O)N[C@@H](CC(=O)O)c1cccs1)c1cccc(F)c1. The monoisotopic (exact) mass is 321 g/mol. The van der Waals surface area contributed by atoms with Crippen LogP contribution < -0.4 is 5.32 Å². The lowest BCUT2D eigenvalue weighted by Gasteiger charge is -2.19. The van der Waals surface area contributed by atoms with Crippen LogP contribution in [0.25, 0.3) is 0 Å². The second-order valence-electron chi connectivity index (χ2n) is 4.95. The van der Waals surface area contributed by atoms with Gasteiger partial charge in [0.15, 0.2) is 0 Å². The summed E-state index contributed by atoms with van der Waals surface area (Å²) in [6, 6.07) is 8.84. The summed E-state index contributed by atoms with van der Waals surface area (Å²) in [6.45, 7) is 1.66. The predicted octanol–water partition coefficient (Wildman–Crippen LogP) is 3.32. The smallest absolute Gasteiger partial charge is 0.305 e. The van der Waals surface area contributed by atoms with E-state index in [0.717, 1.165) is 4.88 Å². The Morgan fingerprint density at radius 3 is 2.68 bits per heavy atom. The Labute approximate surface area is 131 Å². The van der Waals surface area contributed by atoms with Crippen LogP contribution in [0.15, 0.2) is 41.8 Å². The molecule has 1 aromatic carbocycles. The van der Waals surface area contributed by atoms with Gasteiger partial charge in [0.2, 0.25) is 5.91 Å². The van der Waals surface area contributed by atoms with Gasteiger partial charge < -0.3 is 10.4 Å². The van der Waals surface area contributed by atoms with Crippen molar-refractivity contribution in [3.63, 3.8) is 0 Å². The number of carbonyl (C=O) groups is 2. The molecule has 0 fully saturated rings. The molecule has 4 nitrogen and oxygen atoms in total. The highest BCUT2D eigenvalue weighted by Crippen LogP contribution is 2.24. The summed E-state index contributed by atoms with van der Waals surface area (Å²) in [5, 5.41) is 13.6. The minimum atomic E-state index is -0.989. The van der Waals surface area contributed by atoms with E-state index in [2.05, 4.69) is 5.32 Å². The first-order valence-corrected chi connectivity index (χ1v) is 7.66. The molecule has 0 saturated carbocycles. The molecule has 116 valence electrons. The number of carboxylic acid groups (broad SMARTS) is 1. The largest absolute Gasteiger partial charge is 0.481 e. The molecule has 2 atom stereocenters. The van der Waals surface area contributed by atoms with Gasteiger partial charge in [-0.2, -0.15) is 0 Å². The van der Waals surface area contributed by atoms with E-state index in [4.69, 9.17) is 5.11 Å². The minimum Gasteiger partial charge on any atom is -0.481 e. The third-order valence-corrected chi connectivity index (χ3v) is 4.31. The van der Waals surface area contributed by atoms with Crippen LogP contribution in [0.1, 0.15) is 35.7 Å². The van der Waals surface area contributed by atoms with Crippen LogP contribution in [0.4, 0.5) is 4.39 Å². The van der Waals surface area contributed by atoms with Crippen molar-refractivity contribution >= 4 is 23.2 Å². The Bertz CT molecular complexity index is 657. The van der Waals surface area contributed by atoms with E-state index in [1.54, 1.807) is 31.2 Å². The van der Waals surface area contributed by atoms with Crippen molar-refractivity contribution < 1.29 is 19.1 Å². The highest BCUT2D eigenvalue weighted by molar-refractivity contribution is 7.10. The number of nitrogens with one attached hydrogen (secondary N) is 1. The van der Waals surface area contributed by atoms with Crippen molar-refractivity contribution in [2.75, 3.05) is 0 Å². The second kappa shape index (κ2) is 7.17. The van der Waals surface area contributed by atoms with Gasteiger partial charge in [0.1, 0.15) is 5.82 Å². The van der Waals surface area contributed by atoms with Crippen LogP contribution >= 0.6 is 11.3 Å². The Morgan fingerprint density at radius 1 is 1.32 bits per heavy atom. The van der Waals surface area contributed by atoms with Gasteiger partial charge in [-0.25, -0.2) is 4.39 Å². The molecule has 0 saturated heterocycles. The molecular formula is C16H16FNO3S. The van der Waals surface area contributed by atoms with Crippen LogP contribution in [0, 0.1) is 5.82 Å². The number of benzene rings is 1. The molecule has 1 aromatic heterocycles. The summed E-state index contributed by atoms with van der Waals surface area (Å²) < 4.78 is 13.2. The zero-order valence-corrected chi connectivity index (χ0v) is 12.8. The van der Waals surface area contributed by atoms with Crippen molar-refractivity contribution in [3.8, 4) is 0 Å². The zero-order chi connectivity index (χ0) is 16.1. The van der Waals surface area contributed by atoms with Crippen LogP contribution in [-0.4, -0.2) is 17.0 Å². The molecule has 0 aliphatic carbocycles. The first kappa shape index (κ1) is 16.2. The molecule has 0 aliphatic heterocycles. The quantitative estimate of drug-likeness (QED) is 0.857. The van der Waals surface area contributed by atoms with Gasteiger partial charge >= 0.3 is 5.97 Å². The minimum absolute atomic E-state index is 0.192. The van der Waals surface area contributed by atoms with E-state index in [1.165, 1.54) is 23.5 Å². The van der Waals surface area contributed by atoms with Gasteiger partial charge in [-0.15, -0.1) is 11.3 Å². The fourth-order valence-corrected chi connectivity index (χ4v) is 2.89. The van der Waals surface area contributed by atoms with E-state index in [9.17, 15) is 14.0 Å². The topological polar surface area (TPSA) is 66.4 Å². The molecule has 2 aromatic rings. The number of aliphatic carboxylic acids is 1. The summed E-state index contributed by atoms with van der Waals surface area (Å²) >= 11 is 1.39. The number of hydrogen-bond acceptors (Lipinski definition) is 3. The molecule has 1 amide bonds. The summed E-state index contributed by atoms with van der Waals surface area (Å²) in [5.41, 5.74) is 0.553. The van der Waals surface area contributed by atoms with Crippen LogP contribution in [0.5, 0.6) is 0 Å². The van der Waals surface area contributed by atoms with Gasteiger partial charge in [0, 0.05) is 4.88 Å². The lowest BCUT2D eigenvalue weighted by atomic mass is 9.99. The third-order valence-electron chi connectivity index (χ3n) is 3.32. The maximum atomic E-state index is 13.2. The van der Waals surface area contributed by atoms with Gasteiger partial charge in [-0.05, 0) is 36.1 Å². The molecule has 2 N–H and O–H groups in total. The number of carbonyl (C=O) groups excluding carboxylic acids is 1. The van der Waals surface area contributed by atoms with Crippen molar-refractivity contribution in [3.05, 3.63) is 58.0 Å². The zero-order valence-electron chi connectivity index (χ0n) is 12.0. The summed E-state index contributed by atoms with van der Waals surface area (Å²) in [7, 11) is 0. The first-order chi connectivity index (χ1) is 10.5. The highest BCUT2D eigenvalue weighted by Gasteiger charge is 2.23. The van der Waals surface area contributed by atoms with E-state index >= 15 is 0 Å². The Hall–Kier alpha value is -2.21. The number of amides is 1. The van der Waals surface area contributed by atoms with Gasteiger partial charge in [0.25, 0.3) is 0 Å².